The van der Waals surface area contributed by atoms with Crippen LogP contribution in [0.4, 0.5) is 10.8 Å². The molecule has 0 spiro atoms. The number of rotatable bonds is 5. The van der Waals surface area contributed by atoms with E-state index in [0.717, 1.165) is 0 Å². The van der Waals surface area contributed by atoms with Crippen molar-refractivity contribution < 1.29 is 18.0 Å². The Balaban J connectivity index is 1.64. The van der Waals surface area contributed by atoms with Gasteiger partial charge in [-0.25, -0.2) is 13.4 Å². The van der Waals surface area contributed by atoms with Crippen molar-refractivity contribution in [1.29, 1.82) is 0 Å². The SMILES string of the molecule is CC(C)(C)N1CC(C(=O)Nc2ccc(S(=O)(=O)Nc3nccs3)cc2)CC1=O. The number of benzene rings is 1. The van der Waals surface area contributed by atoms with E-state index in [1.54, 1.807) is 10.3 Å². The van der Waals surface area contributed by atoms with Gasteiger partial charge in [-0.05, 0) is 45.0 Å². The number of amides is 2. The van der Waals surface area contributed by atoms with E-state index >= 15 is 0 Å². The molecule has 0 saturated carbocycles. The van der Waals surface area contributed by atoms with Gasteiger partial charge in [-0.3, -0.25) is 14.3 Å². The number of nitrogens with one attached hydrogen (secondary N) is 2. The topological polar surface area (TPSA) is 108 Å². The van der Waals surface area contributed by atoms with Gasteiger partial charge in [-0.15, -0.1) is 11.3 Å². The fourth-order valence-electron chi connectivity index (χ4n) is 2.94. The van der Waals surface area contributed by atoms with E-state index in [1.165, 1.54) is 41.8 Å². The van der Waals surface area contributed by atoms with Gasteiger partial charge in [0.15, 0.2) is 5.13 Å². The number of hydrogen-bond acceptors (Lipinski definition) is 6. The molecule has 1 aromatic carbocycles. The number of likely N-dealkylation sites (tertiary alicyclic amines) is 1. The van der Waals surface area contributed by atoms with Crippen LogP contribution in [-0.2, 0) is 19.6 Å². The Morgan fingerprint density at radius 3 is 2.46 bits per heavy atom. The van der Waals surface area contributed by atoms with Crippen LogP contribution in [-0.4, -0.2) is 42.2 Å². The molecule has 28 heavy (non-hydrogen) atoms. The van der Waals surface area contributed by atoms with Crippen LogP contribution in [0, 0.1) is 5.92 Å². The maximum atomic E-state index is 12.5. The normalized spacial score (nSPS) is 17.6. The van der Waals surface area contributed by atoms with Crippen LogP contribution < -0.4 is 10.0 Å². The van der Waals surface area contributed by atoms with Crippen LogP contribution >= 0.6 is 11.3 Å². The molecule has 2 amide bonds. The zero-order valence-corrected chi connectivity index (χ0v) is 17.4. The fourth-order valence-corrected chi connectivity index (χ4v) is 4.73. The Labute approximate surface area is 168 Å². The number of nitrogens with zero attached hydrogens (tertiary/aromatic N) is 2. The molecule has 8 nitrogen and oxygen atoms in total. The minimum atomic E-state index is -3.74. The summed E-state index contributed by atoms with van der Waals surface area (Å²) in [5.74, 6) is -0.722. The van der Waals surface area contributed by atoms with E-state index < -0.39 is 15.9 Å². The van der Waals surface area contributed by atoms with Crippen molar-refractivity contribution in [3.05, 3.63) is 35.8 Å². The van der Waals surface area contributed by atoms with Gasteiger partial charge >= 0.3 is 0 Å². The molecule has 0 aliphatic carbocycles. The molecule has 1 atom stereocenters. The highest BCUT2D eigenvalue weighted by molar-refractivity contribution is 7.93. The second-order valence-electron chi connectivity index (χ2n) is 7.53. The lowest BCUT2D eigenvalue weighted by atomic mass is 10.1. The monoisotopic (exact) mass is 422 g/mol. The molecule has 1 fully saturated rings. The minimum Gasteiger partial charge on any atom is -0.337 e. The Kier molecular flexibility index (Phi) is 5.44. The molecule has 3 rings (SSSR count). The zero-order chi connectivity index (χ0) is 20.5. The Hall–Kier alpha value is -2.46. The molecule has 1 aliphatic rings. The summed E-state index contributed by atoms with van der Waals surface area (Å²) in [7, 11) is -3.74. The van der Waals surface area contributed by atoms with Crippen LogP contribution in [0.1, 0.15) is 27.2 Å². The Morgan fingerprint density at radius 2 is 1.93 bits per heavy atom. The second kappa shape index (κ2) is 7.51. The van der Waals surface area contributed by atoms with Crippen molar-refractivity contribution in [2.24, 2.45) is 5.92 Å². The summed E-state index contributed by atoms with van der Waals surface area (Å²) in [6, 6.07) is 5.86. The highest BCUT2D eigenvalue weighted by Crippen LogP contribution is 2.27. The van der Waals surface area contributed by atoms with Gasteiger partial charge in [-0.2, -0.15) is 0 Å². The average Bonchev–Trinajstić information content (AvgIpc) is 3.24. The molecular weight excluding hydrogens is 400 g/mol. The van der Waals surface area contributed by atoms with Gasteiger partial charge in [0, 0.05) is 35.8 Å². The molecular formula is C18H22N4O4S2. The molecule has 0 radical (unpaired) electrons. The number of carbonyl (C=O) groups is 2. The molecule has 2 N–H and O–H groups in total. The van der Waals surface area contributed by atoms with Crippen LogP contribution in [0.25, 0.3) is 0 Å². The van der Waals surface area contributed by atoms with Crippen LogP contribution in [0.3, 0.4) is 0 Å². The number of thiazole rings is 1. The number of aromatic nitrogens is 1. The van der Waals surface area contributed by atoms with Crippen molar-refractivity contribution >= 4 is 44.0 Å². The first-order chi connectivity index (χ1) is 13.1. The van der Waals surface area contributed by atoms with Crippen molar-refractivity contribution in [2.45, 2.75) is 37.6 Å². The smallest absolute Gasteiger partial charge is 0.263 e. The van der Waals surface area contributed by atoms with Gasteiger partial charge in [0.2, 0.25) is 11.8 Å². The van der Waals surface area contributed by atoms with Gasteiger partial charge < -0.3 is 10.2 Å². The van der Waals surface area contributed by atoms with E-state index in [-0.39, 0.29) is 33.8 Å². The van der Waals surface area contributed by atoms with Crippen molar-refractivity contribution in [2.75, 3.05) is 16.6 Å². The molecule has 1 aliphatic heterocycles. The third-order valence-corrected chi connectivity index (χ3v) is 6.56. The maximum absolute atomic E-state index is 12.5. The first-order valence-electron chi connectivity index (χ1n) is 8.70. The van der Waals surface area contributed by atoms with Crippen LogP contribution in [0.2, 0.25) is 0 Å². The van der Waals surface area contributed by atoms with Crippen molar-refractivity contribution in [1.82, 2.24) is 9.88 Å². The minimum absolute atomic E-state index is 0.0395. The molecule has 0 bridgehead atoms. The lowest BCUT2D eigenvalue weighted by molar-refractivity contribution is -0.131. The molecule has 1 saturated heterocycles. The Morgan fingerprint density at radius 1 is 1.25 bits per heavy atom. The third kappa shape index (κ3) is 4.50. The molecule has 1 unspecified atom stereocenters. The van der Waals surface area contributed by atoms with E-state index in [0.29, 0.717) is 12.2 Å². The quantitative estimate of drug-likeness (QED) is 0.770. The van der Waals surface area contributed by atoms with E-state index in [4.69, 9.17) is 0 Å². The highest BCUT2D eigenvalue weighted by atomic mass is 32.2. The lowest BCUT2D eigenvalue weighted by Crippen LogP contribution is -2.42. The van der Waals surface area contributed by atoms with Crippen LogP contribution in [0.5, 0.6) is 0 Å². The first kappa shape index (κ1) is 20.3. The van der Waals surface area contributed by atoms with E-state index in [1.807, 2.05) is 20.8 Å². The third-order valence-electron chi connectivity index (χ3n) is 4.39. The second-order valence-corrected chi connectivity index (χ2v) is 10.1. The van der Waals surface area contributed by atoms with Crippen molar-refractivity contribution in [3.63, 3.8) is 0 Å². The summed E-state index contributed by atoms with van der Waals surface area (Å²) < 4.78 is 27.1. The number of hydrogen-bond donors (Lipinski definition) is 2. The first-order valence-corrected chi connectivity index (χ1v) is 11.1. The van der Waals surface area contributed by atoms with E-state index in [2.05, 4.69) is 15.0 Å². The summed E-state index contributed by atoms with van der Waals surface area (Å²) >= 11 is 1.18. The number of carbonyl (C=O) groups excluding carboxylic acids is 2. The van der Waals surface area contributed by atoms with Gasteiger partial charge in [0.1, 0.15) is 0 Å². The summed E-state index contributed by atoms with van der Waals surface area (Å²) in [6.45, 7) is 6.18. The maximum Gasteiger partial charge on any atom is 0.263 e. The summed E-state index contributed by atoms with van der Waals surface area (Å²) in [6.07, 6.45) is 1.68. The van der Waals surface area contributed by atoms with Gasteiger partial charge in [0.25, 0.3) is 10.0 Å². The molecule has 10 heteroatoms. The summed E-state index contributed by atoms with van der Waals surface area (Å²) in [5.41, 5.74) is 0.145. The average molecular weight is 423 g/mol. The zero-order valence-electron chi connectivity index (χ0n) is 15.8. The summed E-state index contributed by atoms with van der Waals surface area (Å²) in [5, 5.41) is 4.71. The molecule has 150 valence electrons. The van der Waals surface area contributed by atoms with E-state index in [9.17, 15) is 18.0 Å². The highest BCUT2D eigenvalue weighted by Gasteiger charge is 2.39. The Bertz CT molecular complexity index is 964. The number of anilines is 2. The number of sulfonamides is 1. The predicted octanol–water partition coefficient (Wildman–Crippen LogP) is 2.53. The van der Waals surface area contributed by atoms with Crippen LogP contribution in [0.15, 0.2) is 40.7 Å². The fraction of sp³-hybridized carbons (Fsp3) is 0.389. The molecule has 1 aromatic heterocycles. The largest absolute Gasteiger partial charge is 0.337 e. The predicted molar refractivity (Wildman–Crippen MR) is 108 cm³/mol. The van der Waals surface area contributed by atoms with Gasteiger partial charge in [0.05, 0.1) is 10.8 Å². The molecule has 2 heterocycles. The van der Waals surface area contributed by atoms with Crippen molar-refractivity contribution in [3.8, 4) is 0 Å². The lowest BCUT2D eigenvalue weighted by Gasteiger charge is -2.31. The summed E-state index contributed by atoms with van der Waals surface area (Å²) in [4.78, 5) is 30.3. The van der Waals surface area contributed by atoms with Gasteiger partial charge in [-0.1, -0.05) is 0 Å². The standard InChI is InChI=1S/C18H22N4O4S2/c1-18(2,3)22-11-12(10-15(22)23)16(24)20-13-4-6-14(7-5-13)28(25,26)21-17-19-8-9-27-17/h4-9,12H,10-11H2,1-3H3,(H,19,21)(H,20,24). The molecule has 2 aromatic rings.